The predicted molar refractivity (Wildman–Crippen MR) is 105 cm³/mol. The Morgan fingerprint density at radius 1 is 1.04 bits per heavy atom. The molecule has 0 bridgehead atoms. The molecule has 0 saturated carbocycles. The van der Waals surface area contributed by atoms with Gasteiger partial charge in [0.25, 0.3) is 11.6 Å². The fraction of sp³-hybridized carbons (Fsp3) is 0.150. The molecule has 0 aliphatic rings. The predicted octanol–water partition coefficient (Wildman–Crippen LogP) is 3.79. The number of carbonyl (C=O) groups excluding carboxylic acids is 1. The van der Waals surface area contributed by atoms with E-state index in [-0.39, 0.29) is 17.9 Å². The van der Waals surface area contributed by atoms with Gasteiger partial charge in [0.1, 0.15) is 5.69 Å². The summed E-state index contributed by atoms with van der Waals surface area (Å²) in [5.41, 5.74) is 0.948. The molecule has 3 N–H and O–H groups in total. The minimum absolute atomic E-state index is 0.00690. The molecule has 0 fully saturated rings. The number of carbonyl (C=O) groups is 1. The van der Waals surface area contributed by atoms with Crippen molar-refractivity contribution in [2.24, 2.45) is 0 Å². The first kappa shape index (κ1) is 18.3. The van der Waals surface area contributed by atoms with E-state index in [1.807, 2.05) is 36.4 Å². The Kier molecular flexibility index (Phi) is 5.63. The Labute approximate surface area is 155 Å². The maximum Gasteiger partial charge on any atom is 0.293 e. The van der Waals surface area contributed by atoms with Gasteiger partial charge in [-0.1, -0.05) is 30.3 Å². The number of aliphatic hydroxyl groups is 1. The molecule has 1 amide bonds. The van der Waals surface area contributed by atoms with Crippen LogP contribution in [0.4, 0.5) is 17.1 Å². The SMILES string of the molecule is O=C(Nc1ccc2ccccc2c1)c1ccc(NCCCO)c([N+](=O)[O-])c1. The topological polar surface area (TPSA) is 104 Å². The second-order valence-corrected chi connectivity index (χ2v) is 6.01. The van der Waals surface area contributed by atoms with E-state index in [0.29, 0.717) is 24.3 Å². The van der Waals surface area contributed by atoms with Gasteiger partial charge in [-0.15, -0.1) is 0 Å². The van der Waals surface area contributed by atoms with Crippen LogP contribution in [0.5, 0.6) is 0 Å². The maximum absolute atomic E-state index is 12.5. The first-order valence-corrected chi connectivity index (χ1v) is 8.52. The Morgan fingerprint density at radius 2 is 1.81 bits per heavy atom. The highest BCUT2D eigenvalue weighted by atomic mass is 16.6. The van der Waals surface area contributed by atoms with Crippen molar-refractivity contribution in [1.29, 1.82) is 0 Å². The zero-order valence-electron chi connectivity index (χ0n) is 14.5. The Balaban J connectivity index is 1.80. The van der Waals surface area contributed by atoms with Gasteiger partial charge in [0.2, 0.25) is 0 Å². The van der Waals surface area contributed by atoms with E-state index in [4.69, 9.17) is 5.11 Å². The molecule has 0 aromatic heterocycles. The molecule has 3 aromatic rings. The Bertz CT molecular complexity index is 988. The van der Waals surface area contributed by atoms with Gasteiger partial charge < -0.3 is 15.7 Å². The summed E-state index contributed by atoms with van der Waals surface area (Å²) in [6, 6.07) is 17.6. The summed E-state index contributed by atoms with van der Waals surface area (Å²) in [6.07, 6.45) is 0.474. The number of rotatable bonds is 7. The van der Waals surface area contributed by atoms with Crippen molar-refractivity contribution in [2.45, 2.75) is 6.42 Å². The molecule has 0 radical (unpaired) electrons. The van der Waals surface area contributed by atoms with Gasteiger partial charge in [-0.2, -0.15) is 0 Å². The molecule has 3 aromatic carbocycles. The molecule has 0 atom stereocenters. The van der Waals surface area contributed by atoms with E-state index in [0.717, 1.165) is 10.8 Å². The van der Waals surface area contributed by atoms with Crippen LogP contribution in [0.1, 0.15) is 16.8 Å². The average molecular weight is 365 g/mol. The fourth-order valence-corrected chi connectivity index (χ4v) is 2.75. The lowest BCUT2D eigenvalue weighted by Crippen LogP contribution is -2.13. The third-order valence-corrected chi connectivity index (χ3v) is 4.11. The zero-order valence-corrected chi connectivity index (χ0v) is 14.5. The zero-order chi connectivity index (χ0) is 19.2. The standard InChI is InChI=1S/C20H19N3O4/c24-11-3-10-21-18-9-7-16(13-19(18)23(26)27)20(25)22-17-8-6-14-4-1-2-5-15(14)12-17/h1-2,4-9,12-13,21,24H,3,10-11H2,(H,22,25). The minimum Gasteiger partial charge on any atom is -0.396 e. The number of anilines is 2. The second-order valence-electron chi connectivity index (χ2n) is 6.01. The highest BCUT2D eigenvalue weighted by Crippen LogP contribution is 2.26. The van der Waals surface area contributed by atoms with E-state index in [9.17, 15) is 14.9 Å². The van der Waals surface area contributed by atoms with Gasteiger partial charge in [0.05, 0.1) is 4.92 Å². The van der Waals surface area contributed by atoms with Gasteiger partial charge in [-0.25, -0.2) is 0 Å². The van der Waals surface area contributed by atoms with E-state index >= 15 is 0 Å². The van der Waals surface area contributed by atoms with E-state index in [1.54, 1.807) is 6.07 Å². The molecule has 138 valence electrons. The van der Waals surface area contributed by atoms with Crippen molar-refractivity contribution in [3.05, 3.63) is 76.3 Å². The number of nitrogens with one attached hydrogen (secondary N) is 2. The van der Waals surface area contributed by atoms with Gasteiger partial charge in [-0.05, 0) is 41.5 Å². The largest absolute Gasteiger partial charge is 0.396 e. The molecular weight excluding hydrogens is 346 g/mol. The molecule has 7 heteroatoms. The molecule has 3 rings (SSSR count). The number of nitrogens with zero attached hydrogens (tertiary/aromatic N) is 1. The number of amides is 1. The smallest absolute Gasteiger partial charge is 0.293 e. The third kappa shape index (κ3) is 4.39. The van der Waals surface area contributed by atoms with Crippen molar-refractivity contribution < 1.29 is 14.8 Å². The number of benzene rings is 3. The van der Waals surface area contributed by atoms with Crippen LogP contribution in [0.2, 0.25) is 0 Å². The molecule has 0 unspecified atom stereocenters. The minimum atomic E-state index is -0.534. The summed E-state index contributed by atoms with van der Waals surface area (Å²) < 4.78 is 0. The van der Waals surface area contributed by atoms with Crippen LogP contribution in [0, 0.1) is 10.1 Å². The average Bonchev–Trinajstić information content (AvgIpc) is 2.68. The van der Waals surface area contributed by atoms with E-state index < -0.39 is 10.8 Å². The molecule has 0 aliphatic heterocycles. The van der Waals surface area contributed by atoms with Crippen LogP contribution in [-0.2, 0) is 0 Å². The van der Waals surface area contributed by atoms with Crippen LogP contribution >= 0.6 is 0 Å². The number of nitro benzene ring substituents is 1. The molecule has 0 saturated heterocycles. The van der Waals surface area contributed by atoms with E-state index in [1.165, 1.54) is 18.2 Å². The second kappa shape index (κ2) is 8.29. The van der Waals surface area contributed by atoms with Crippen molar-refractivity contribution in [2.75, 3.05) is 23.8 Å². The molecule has 0 heterocycles. The Morgan fingerprint density at radius 3 is 2.56 bits per heavy atom. The van der Waals surface area contributed by atoms with Crippen LogP contribution in [0.25, 0.3) is 10.8 Å². The number of hydrogen-bond donors (Lipinski definition) is 3. The van der Waals surface area contributed by atoms with Crippen molar-refractivity contribution in [1.82, 2.24) is 0 Å². The van der Waals surface area contributed by atoms with Crippen LogP contribution < -0.4 is 10.6 Å². The van der Waals surface area contributed by atoms with Gasteiger partial charge >= 0.3 is 0 Å². The summed E-state index contributed by atoms with van der Waals surface area (Å²) in [4.78, 5) is 23.3. The van der Waals surface area contributed by atoms with Gasteiger partial charge in [-0.3, -0.25) is 14.9 Å². The summed E-state index contributed by atoms with van der Waals surface area (Å²) >= 11 is 0. The lowest BCUT2D eigenvalue weighted by molar-refractivity contribution is -0.384. The summed E-state index contributed by atoms with van der Waals surface area (Å²) in [7, 11) is 0. The summed E-state index contributed by atoms with van der Waals surface area (Å²) in [6.45, 7) is 0.396. The van der Waals surface area contributed by atoms with Crippen LogP contribution in [0.3, 0.4) is 0 Å². The van der Waals surface area contributed by atoms with Crippen molar-refractivity contribution >= 4 is 33.7 Å². The Hall–Kier alpha value is -3.45. The van der Waals surface area contributed by atoms with Crippen molar-refractivity contribution in [3.63, 3.8) is 0 Å². The number of aliphatic hydroxyl groups excluding tert-OH is 1. The molecule has 0 spiro atoms. The summed E-state index contributed by atoms with van der Waals surface area (Å²) in [5, 5.41) is 27.9. The number of fused-ring (bicyclic) bond motifs is 1. The maximum atomic E-state index is 12.5. The molecule has 27 heavy (non-hydrogen) atoms. The van der Waals surface area contributed by atoms with Crippen molar-refractivity contribution in [3.8, 4) is 0 Å². The van der Waals surface area contributed by atoms with E-state index in [2.05, 4.69) is 10.6 Å². The quantitative estimate of drug-likeness (QED) is 0.336. The molecule has 7 nitrogen and oxygen atoms in total. The molecular formula is C20H19N3O4. The van der Waals surface area contributed by atoms with Gasteiger partial charge in [0.15, 0.2) is 0 Å². The fourth-order valence-electron chi connectivity index (χ4n) is 2.75. The highest BCUT2D eigenvalue weighted by Gasteiger charge is 2.17. The summed E-state index contributed by atoms with van der Waals surface area (Å²) in [5.74, 6) is -0.421. The first-order chi connectivity index (χ1) is 13.1. The normalized spacial score (nSPS) is 10.6. The number of hydrogen-bond acceptors (Lipinski definition) is 5. The molecule has 0 aliphatic carbocycles. The lowest BCUT2D eigenvalue weighted by Gasteiger charge is -2.09. The monoisotopic (exact) mass is 365 g/mol. The van der Waals surface area contributed by atoms with Gasteiger partial charge in [0, 0.05) is 30.5 Å². The van der Waals surface area contributed by atoms with Crippen LogP contribution in [-0.4, -0.2) is 29.1 Å². The lowest BCUT2D eigenvalue weighted by atomic mass is 10.1. The highest BCUT2D eigenvalue weighted by molar-refractivity contribution is 6.06. The van der Waals surface area contributed by atoms with Crippen LogP contribution in [0.15, 0.2) is 60.7 Å². The first-order valence-electron chi connectivity index (χ1n) is 8.52. The third-order valence-electron chi connectivity index (χ3n) is 4.11. The number of nitro groups is 1.